The zero-order valence-corrected chi connectivity index (χ0v) is 11.1. The van der Waals surface area contributed by atoms with Crippen LogP contribution in [0.15, 0.2) is 10.2 Å². The maximum atomic E-state index is 8.58. The normalized spacial score (nSPS) is 16.3. The maximum absolute atomic E-state index is 8.58. The van der Waals surface area contributed by atoms with Crippen LogP contribution in [-0.2, 0) is 14.2 Å². The van der Waals surface area contributed by atoms with Gasteiger partial charge in [-0.3, -0.25) is 0 Å². The highest BCUT2D eigenvalue weighted by molar-refractivity contribution is 5.03. The van der Waals surface area contributed by atoms with E-state index in [0.29, 0.717) is 20.4 Å². The third kappa shape index (κ3) is 8.59. The van der Waals surface area contributed by atoms with Crippen molar-refractivity contribution in [1.82, 2.24) is 0 Å². The Kier molecular flexibility index (Phi) is 7.06. The first-order valence-electron chi connectivity index (χ1n) is 5.33. The zero-order chi connectivity index (χ0) is 14.1. The van der Waals surface area contributed by atoms with Crippen molar-refractivity contribution >= 4 is 0 Å². The molecule has 1 saturated heterocycles. The Morgan fingerprint density at radius 3 is 1.22 bits per heavy atom. The first-order valence-corrected chi connectivity index (χ1v) is 5.33. The molecule has 0 aromatic rings. The fourth-order valence-corrected chi connectivity index (χ4v) is 0.574. The van der Waals surface area contributed by atoms with Crippen LogP contribution in [0, 0.1) is 22.7 Å². The van der Waals surface area contributed by atoms with E-state index in [1.54, 1.807) is 27.7 Å². The number of nitriles is 2. The predicted octanol–water partition coefficient (Wildman–Crippen LogP) is 1.97. The summed E-state index contributed by atoms with van der Waals surface area (Å²) in [5.41, 5.74) is -1.68. The van der Waals surface area contributed by atoms with Crippen LogP contribution in [0.2, 0.25) is 0 Å². The first kappa shape index (κ1) is 16.5. The Hall–Kier alpha value is -1.54. The Morgan fingerprint density at radius 2 is 1.06 bits per heavy atom. The standard InChI is InChI=1S/C8H12N4.C3H6O3/c1-7(2,5-9)11-12-8(3,4)6-10;1-4-2-6-3-5-1/h1-4H3;1-3H2. The highest BCUT2D eigenvalue weighted by atomic mass is 16.8. The minimum Gasteiger partial charge on any atom is -0.329 e. The highest BCUT2D eigenvalue weighted by Crippen LogP contribution is 2.13. The molecule has 7 heteroatoms. The van der Waals surface area contributed by atoms with Crippen LogP contribution in [-0.4, -0.2) is 31.5 Å². The van der Waals surface area contributed by atoms with Gasteiger partial charge in [0.15, 0.2) is 31.5 Å². The highest BCUT2D eigenvalue weighted by Gasteiger charge is 2.19. The molecule has 0 amide bonds. The largest absolute Gasteiger partial charge is 0.329 e. The zero-order valence-electron chi connectivity index (χ0n) is 11.1. The van der Waals surface area contributed by atoms with Crippen molar-refractivity contribution in [2.75, 3.05) is 20.4 Å². The molecule has 18 heavy (non-hydrogen) atoms. The molecule has 0 radical (unpaired) electrons. The first-order chi connectivity index (χ1) is 8.33. The Bertz CT molecular complexity index is 309. The summed E-state index contributed by atoms with van der Waals surface area (Å²) in [4.78, 5) is 0. The van der Waals surface area contributed by atoms with Crippen LogP contribution in [0.5, 0.6) is 0 Å². The van der Waals surface area contributed by atoms with Crippen LogP contribution in [0.25, 0.3) is 0 Å². The van der Waals surface area contributed by atoms with Crippen LogP contribution in [0.3, 0.4) is 0 Å². The molecule has 1 heterocycles. The van der Waals surface area contributed by atoms with Gasteiger partial charge in [0.25, 0.3) is 0 Å². The van der Waals surface area contributed by atoms with E-state index in [0.717, 1.165) is 0 Å². The number of hydrogen-bond donors (Lipinski definition) is 0. The summed E-state index contributed by atoms with van der Waals surface area (Å²) in [6.45, 7) is 7.70. The number of nitrogens with zero attached hydrogens (tertiary/aromatic N) is 4. The molecule has 0 unspecified atom stereocenters. The van der Waals surface area contributed by atoms with Gasteiger partial charge >= 0.3 is 0 Å². The van der Waals surface area contributed by atoms with Crippen molar-refractivity contribution in [3.8, 4) is 12.1 Å². The smallest absolute Gasteiger partial charge is 0.162 e. The van der Waals surface area contributed by atoms with Crippen molar-refractivity contribution in [1.29, 1.82) is 10.5 Å². The number of hydrogen-bond acceptors (Lipinski definition) is 7. The molecule has 0 aromatic heterocycles. The molecule has 0 aromatic carbocycles. The molecule has 0 spiro atoms. The van der Waals surface area contributed by atoms with Crippen LogP contribution in [0.1, 0.15) is 27.7 Å². The van der Waals surface area contributed by atoms with Crippen molar-refractivity contribution < 1.29 is 14.2 Å². The van der Waals surface area contributed by atoms with Crippen LogP contribution < -0.4 is 0 Å². The average Bonchev–Trinajstić information content (AvgIpc) is 2.40. The van der Waals surface area contributed by atoms with Gasteiger partial charge in [0.1, 0.15) is 0 Å². The second-order valence-corrected chi connectivity index (χ2v) is 4.51. The van der Waals surface area contributed by atoms with E-state index in [1.165, 1.54) is 0 Å². The quantitative estimate of drug-likeness (QED) is 0.701. The SMILES string of the molecule is C1OCOCO1.CC(C)(C#N)N=NC(C)(C)C#N. The second kappa shape index (κ2) is 7.72. The Balaban J connectivity index is 0.000000397. The summed E-state index contributed by atoms with van der Waals surface area (Å²) < 4.78 is 13.9. The van der Waals surface area contributed by atoms with Crippen LogP contribution in [0.4, 0.5) is 0 Å². The third-order valence-electron chi connectivity index (χ3n) is 1.60. The Labute approximate surface area is 107 Å². The van der Waals surface area contributed by atoms with Gasteiger partial charge in [0.2, 0.25) is 0 Å². The molecule has 0 N–H and O–H groups in total. The van der Waals surface area contributed by atoms with E-state index in [-0.39, 0.29) is 0 Å². The van der Waals surface area contributed by atoms with Gasteiger partial charge in [0.05, 0.1) is 12.1 Å². The molecule has 1 aliphatic rings. The van der Waals surface area contributed by atoms with Crippen molar-refractivity contribution in [3.05, 3.63) is 0 Å². The summed E-state index contributed by atoms with van der Waals surface area (Å²) in [5.74, 6) is 0. The van der Waals surface area contributed by atoms with Crippen molar-refractivity contribution in [3.63, 3.8) is 0 Å². The molecule has 0 bridgehead atoms. The van der Waals surface area contributed by atoms with Gasteiger partial charge in [-0.2, -0.15) is 20.8 Å². The third-order valence-corrected chi connectivity index (χ3v) is 1.60. The average molecular weight is 254 g/mol. The lowest BCUT2D eigenvalue weighted by Gasteiger charge is -2.11. The summed E-state index contributed by atoms with van der Waals surface area (Å²) in [6, 6.07) is 3.94. The van der Waals surface area contributed by atoms with Crippen molar-refractivity contribution in [2.24, 2.45) is 10.2 Å². The molecular formula is C11H18N4O3. The van der Waals surface area contributed by atoms with Gasteiger partial charge in [-0.1, -0.05) is 0 Å². The lowest BCUT2D eigenvalue weighted by Crippen LogP contribution is -2.17. The van der Waals surface area contributed by atoms with E-state index in [4.69, 9.17) is 10.5 Å². The van der Waals surface area contributed by atoms with E-state index in [1.807, 2.05) is 12.1 Å². The fraction of sp³-hybridized carbons (Fsp3) is 0.818. The monoisotopic (exact) mass is 254 g/mol. The molecule has 0 saturated carbocycles. The maximum Gasteiger partial charge on any atom is 0.162 e. The van der Waals surface area contributed by atoms with Gasteiger partial charge in [-0.25, -0.2) is 0 Å². The topological polar surface area (TPSA) is 100.0 Å². The molecule has 1 aliphatic heterocycles. The fourth-order valence-electron chi connectivity index (χ4n) is 0.574. The summed E-state index contributed by atoms with van der Waals surface area (Å²) in [6.07, 6.45) is 0. The lowest BCUT2D eigenvalue weighted by atomic mass is 10.1. The molecular weight excluding hydrogens is 236 g/mol. The van der Waals surface area contributed by atoms with E-state index < -0.39 is 11.1 Å². The summed E-state index contributed by atoms with van der Waals surface area (Å²) >= 11 is 0. The second-order valence-electron chi connectivity index (χ2n) is 4.51. The Morgan fingerprint density at radius 1 is 0.778 bits per heavy atom. The minimum absolute atomic E-state index is 0.375. The van der Waals surface area contributed by atoms with E-state index in [9.17, 15) is 0 Å². The summed E-state index contributed by atoms with van der Waals surface area (Å²) in [7, 11) is 0. The van der Waals surface area contributed by atoms with Gasteiger partial charge < -0.3 is 14.2 Å². The van der Waals surface area contributed by atoms with Gasteiger partial charge in [0, 0.05) is 0 Å². The molecule has 1 rings (SSSR count). The molecule has 0 atom stereocenters. The molecule has 1 fully saturated rings. The van der Waals surface area contributed by atoms with Crippen molar-refractivity contribution in [2.45, 2.75) is 38.8 Å². The predicted molar refractivity (Wildman–Crippen MR) is 62.1 cm³/mol. The number of rotatable bonds is 2. The van der Waals surface area contributed by atoms with E-state index >= 15 is 0 Å². The molecule has 100 valence electrons. The number of ether oxygens (including phenoxy) is 3. The molecule has 7 nitrogen and oxygen atoms in total. The summed E-state index contributed by atoms with van der Waals surface area (Å²) in [5, 5.41) is 24.7. The van der Waals surface area contributed by atoms with E-state index in [2.05, 4.69) is 24.4 Å². The van der Waals surface area contributed by atoms with Gasteiger partial charge in [-0.05, 0) is 27.7 Å². The lowest BCUT2D eigenvalue weighted by molar-refractivity contribution is -0.247. The molecule has 0 aliphatic carbocycles. The van der Waals surface area contributed by atoms with Crippen LogP contribution >= 0.6 is 0 Å². The van der Waals surface area contributed by atoms with Gasteiger partial charge in [-0.15, -0.1) is 0 Å². The number of azo groups is 1. The minimum atomic E-state index is -0.839.